The summed E-state index contributed by atoms with van der Waals surface area (Å²) in [4.78, 5) is 26.1. The van der Waals surface area contributed by atoms with Crippen LogP contribution in [0.3, 0.4) is 0 Å². The number of carbonyl (C=O) groups is 1. The quantitative estimate of drug-likeness (QED) is 0.519. The van der Waals surface area contributed by atoms with Crippen LogP contribution in [0.1, 0.15) is 38.1 Å². The molecule has 1 aromatic carbocycles. The summed E-state index contributed by atoms with van der Waals surface area (Å²) in [6, 6.07) is 3.19. The van der Waals surface area contributed by atoms with E-state index in [1.165, 1.54) is 19.4 Å². The number of imidazole rings is 1. The summed E-state index contributed by atoms with van der Waals surface area (Å²) in [5.41, 5.74) is 1.76. The Balaban J connectivity index is 1.84. The van der Waals surface area contributed by atoms with Crippen LogP contribution in [0.5, 0.6) is 0 Å². The van der Waals surface area contributed by atoms with E-state index in [0.29, 0.717) is 29.9 Å². The molecular weight excluding hydrogens is 432 g/mol. The van der Waals surface area contributed by atoms with Crippen LogP contribution in [0.4, 0.5) is 9.18 Å². The maximum absolute atomic E-state index is 15.1. The maximum atomic E-state index is 15.1. The first-order valence-corrected chi connectivity index (χ1v) is 10.3. The number of ether oxygens (including phenoxy) is 1. The summed E-state index contributed by atoms with van der Waals surface area (Å²) in [6.45, 7) is 5.07. The first-order valence-electron chi connectivity index (χ1n) is 9.52. The van der Waals surface area contributed by atoms with Crippen LogP contribution < -0.4 is 0 Å². The molecule has 158 valence electrons. The molecule has 4 rings (SSSR count). The van der Waals surface area contributed by atoms with Gasteiger partial charge in [0.15, 0.2) is 5.82 Å². The van der Waals surface area contributed by atoms with Crippen LogP contribution in [-0.2, 0) is 4.74 Å². The smallest absolute Gasteiger partial charge is 0.409 e. The lowest BCUT2D eigenvalue weighted by atomic mass is 10.1. The van der Waals surface area contributed by atoms with Gasteiger partial charge in [0.1, 0.15) is 11.3 Å². The monoisotopic (exact) mass is 451 g/mol. The van der Waals surface area contributed by atoms with Gasteiger partial charge in [0, 0.05) is 30.6 Å². The first-order chi connectivity index (χ1) is 14.3. The zero-order chi connectivity index (χ0) is 21.6. The molecule has 1 fully saturated rings. The van der Waals surface area contributed by atoms with Gasteiger partial charge < -0.3 is 14.2 Å². The van der Waals surface area contributed by atoms with Crippen LogP contribution in [0.15, 0.2) is 18.3 Å². The number of hydrogen-bond acceptors (Lipinski definition) is 5. The van der Waals surface area contributed by atoms with Gasteiger partial charge in [-0.2, -0.15) is 0 Å². The fourth-order valence-electron chi connectivity index (χ4n) is 3.95. The van der Waals surface area contributed by atoms with Crippen LogP contribution >= 0.6 is 23.2 Å². The van der Waals surface area contributed by atoms with Crippen LogP contribution in [0.2, 0.25) is 10.3 Å². The Morgan fingerprint density at radius 1 is 1.30 bits per heavy atom. The molecule has 0 N–H and O–H groups in total. The minimum absolute atomic E-state index is 0.0150. The Labute approximate surface area is 182 Å². The van der Waals surface area contributed by atoms with Crippen LogP contribution in [0, 0.1) is 5.82 Å². The lowest BCUT2D eigenvalue weighted by molar-refractivity contribution is 0.132. The molecule has 0 saturated carbocycles. The van der Waals surface area contributed by atoms with Gasteiger partial charge in [-0.1, -0.05) is 11.6 Å². The van der Waals surface area contributed by atoms with E-state index in [-0.39, 0.29) is 33.9 Å². The molecule has 1 atom stereocenters. The number of likely N-dealkylation sites (tertiary alicyclic amines) is 1. The van der Waals surface area contributed by atoms with Gasteiger partial charge in [-0.15, -0.1) is 0 Å². The standard InChI is InChI=1S/C20H20Cl2FN5O2/c1-10(2)28-15-7-12(16-13(21)8-24-19(22)26-16)6-14(23)17(15)25-18(28)11-4-5-27(9-11)20(29)30-3/h6-8,10-11H,4-5,9H2,1-3H3/t11-/m1/s1. The van der Waals surface area contributed by atoms with Gasteiger partial charge >= 0.3 is 6.09 Å². The Bertz CT molecular complexity index is 1130. The van der Waals surface area contributed by atoms with Gasteiger partial charge in [0.2, 0.25) is 5.28 Å². The van der Waals surface area contributed by atoms with E-state index >= 15 is 4.39 Å². The maximum Gasteiger partial charge on any atom is 0.409 e. The number of rotatable bonds is 3. The van der Waals surface area contributed by atoms with Crippen LogP contribution in [-0.4, -0.2) is 50.7 Å². The number of halogens is 3. The van der Waals surface area contributed by atoms with Crippen molar-refractivity contribution in [1.82, 2.24) is 24.4 Å². The van der Waals surface area contributed by atoms with Gasteiger partial charge in [-0.25, -0.2) is 24.1 Å². The highest BCUT2D eigenvalue weighted by Crippen LogP contribution is 2.36. The summed E-state index contributed by atoms with van der Waals surface area (Å²) in [6.07, 6.45) is 1.75. The number of carbonyl (C=O) groups excluding carboxylic acids is 1. The van der Waals surface area contributed by atoms with Crippen molar-refractivity contribution in [3.63, 3.8) is 0 Å². The highest BCUT2D eigenvalue weighted by Gasteiger charge is 2.32. The lowest BCUT2D eigenvalue weighted by Crippen LogP contribution is -2.28. The minimum atomic E-state index is -0.475. The van der Waals surface area contributed by atoms with E-state index in [1.807, 2.05) is 24.5 Å². The fourth-order valence-corrected chi connectivity index (χ4v) is 4.29. The van der Waals surface area contributed by atoms with Crippen molar-refractivity contribution in [3.05, 3.63) is 40.3 Å². The van der Waals surface area contributed by atoms with Crippen molar-refractivity contribution in [2.75, 3.05) is 20.2 Å². The summed E-state index contributed by atoms with van der Waals surface area (Å²) in [5, 5.41) is 0.306. The van der Waals surface area contributed by atoms with Crippen molar-refractivity contribution in [2.24, 2.45) is 0 Å². The summed E-state index contributed by atoms with van der Waals surface area (Å²) < 4.78 is 21.9. The van der Waals surface area contributed by atoms with Crippen molar-refractivity contribution >= 4 is 40.3 Å². The number of amides is 1. The van der Waals surface area contributed by atoms with E-state index in [9.17, 15) is 4.79 Å². The molecule has 0 spiro atoms. The van der Waals surface area contributed by atoms with E-state index in [0.717, 1.165) is 12.2 Å². The Morgan fingerprint density at radius 3 is 2.77 bits per heavy atom. The number of nitrogens with zero attached hydrogens (tertiary/aromatic N) is 5. The second-order valence-corrected chi connectivity index (χ2v) is 8.24. The van der Waals surface area contributed by atoms with Gasteiger partial charge in [-0.05, 0) is 44.0 Å². The molecular formula is C20H20Cl2FN5O2. The first kappa shape index (κ1) is 20.8. The molecule has 0 bridgehead atoms. The third-order valence-corrected chi connectivity index (χ3v) is 5.73. The van der Waals surface area contributed by atoms with Gasteiger partial charge in [0.25, 0.3) is 0 Å². The third-order valence-electron chi connectivity index (χ3n) is 5.27. The largest absolute Gasteiger partial charge is 0.453 e. The molecule has 10 heteroatoms. The highest BCUT2D eigenvalue weighted by atomic mass is 35.5. The van der Waals surface area contributed by atoms with Crippen molar-refractivity contribution in [2.45, 2.75) is 32.2 Å². The average molecular weight is 452 g/mol. The summed E-state index contributed by atoms with van der Waals surface area (Å²) in [5.74, 6) is 0.255. The molecule has 1 aliphatic rings. The van der Waals surface area contributed by atoms with E-state index < -0.39 is 5.82 Å². The number of hydrogen-bond donors (Lipinski definition) is 0. The Kier molecular flexibility index (Phi) is 5.55. The van der Waals surface area contributed by atoms with E-state index in [4.69, 9.17) is 27.9 Å². The number of fused-ring (bicyclic) bond motifs is 1. The lowest BCUT2D eigenvalue weighted by Gasteiger charge is -2.18. The molecule has 3 heterocycles. The predicted molar refractivity (Wildman–Crippen MR) is 112 cm³/mol. The van der Waals surface area contributed by atoms with E-state index in [1.54, 1.807) is 4.90 Å². The fraction of sp³-hybridized carbons (Fsp3) is 0.400. The molecule has 0 aliphatic carbocycles. The molecule has 0 unspecified atom stereocenters. The molecule has 1 aliphatic heterocycles. The second-order valence-electron chi connectivity index (χ2n) is 7.50. The second kappa shape index (κ2) is 8.00. The number of aromatic nitrogens is 4. The minimum Gasteiger partial charge on any atom is -0.453 e. The topological polar surface area (TPSA) is 73.1 Å². The van der Waals surface area contributed by atoms with Crippen molar-refractivity contribution in [1.29, 1.82) is 0 Å². The third kappa shape index (κ3) is 3.58. The average Bonchev–Trinajstić information content (AvgIpc) is 3.34. The molecule has 2 aromatic heterocycles. The molecule has 0 radical (unpaired) electrons. The SMILES string of the molecule is COC(=O)N1CC[C@@H](c2nc3c(F)cc(-c4nc(Cl)ncc4Cl)cc3n2C(C)C)C1. The Morgan fingerprint density at radius 2 is 2.07 bits per heavy atom. The number of methoxy groups -OCH3 is 1. The summed E-state index contributed by atoms with van der Waals surface area (Å²) in [7, 11) is 1.36. The van der Waals surface area contributed by atoms with E-state index in [2.05, 4.69) is 15.0 Å². The molecule has 7 nitrogen and oxygen atoms in total. The predicted octanol–water partition coefficient (Wildman–Crippen LogP) is 5.08. The van der Waals surface area contributed by atoms with Crippen LogP contribution in [0.25, 0.3) is 22.3 Å². The molecule has 30 heavy (non-hydrogen) atoms. The van der Waals surface area contributed by atoms with Gasteiger partial charge in [0.05, 0.1) is 29.5 Å². The normalized spacial score (nSPS) is 16.6. The number of benzene rings is 1. The zero-order valence-corrected chi connectivity index (χ0v) is 18.2. The Hall–Kier alpha value is -2.45. The highest BCUT2D eigenvalue weighted by molar-refractivity contribution is 6.33. The molecule has 1 amide bonds. The zero-order valence-electron chi connectivity index (χ0n) is 16.7. The molecule has 3 aromatic rings. The molecule has 1 saturated heterocycles. The van der Waals surface area contributed by atoms with Crippen molar-refractivity contribution in [3.8, 4) is 11.3 Å². The van der Waals surface area contributed by atoms with Gasteiger partial charge in [-0.3, -0.25) is 0 Å². The van der Waals surface area contributed by atoms with Crippen molar-refractivity contribution < 1.29 is 13.9 Å². The summed E-state index contributed by atoms with van der Waals surface area (Å²) >= 11 is 12.1.